The highest BCUT2D eigenvalue weighted by Crippen LogP contribution is 2.24. The summed E-state index contributed by atoms with van der Waals surface area (Å²) < 4.78 is 1.75. The second-order valence-electron chi connectivity index (χ2n) is 5.46. The van der Waals surface area contributed by atoms with Crippen LogP contribution in [0, 0.1) is 0 Å². The van der Waals surface area contributed by atoms with Gasteiger partial charge in [0.05, 0.1) is 10.9 Å². The molecule has 0 aliphatic heterocycles. The molecule has 2 aromatic heterocycles. The lowest BCUT2D eigenvalue weighted by Crippen LogP contribution is -2.25. The molecule has 0 fully saturated rings. The Morgan fingerprint density at radius 3 is 2.70 bits per heavy atom. The largest absolute Gasteiger partial charge is 0.285 e. The molecular formula is C17H16ClN3OS. The Bertz CT molecular complexity index is 890. The van der Waals surface area contributed by atoms with Gasteiger partial charge in [0.1, 0.15) is 5.15 Å². The maximum Gasteiger partial charge on any atom is 0.262 e. The van der Waals surface area contributed by atoms with Crippen molar-refractivity contribution in [1.29, 1.82) is 0 Å². The molecular weight excluding hydrogens is 330 g/mol. The lowest BCUT2D eigenvalue weighted by Gasteiger charge is -2.16. The molecule has 0 atom stereocenters. The van der Waals surface area contributed by atoms with Crippen molar-refractivity contribution in [3.63, 3.8) is 0 Å². The zero-order valence-electron chi connectivity index (χ0n) is 12.9. The van der Waals surface area contributed by atoms with Crippen LogP contribution in [0.5, 0.6) is 0 Å². The van der Waals surface area contributed by atoms with E-state index in [1.165, 1.54) is 11.8 Å². The lowest BCUT2D eigenvalue weighted by atomic mass is 10.2. The fraction of sp³-hybridized carbons (Fsp3) is 0.235. The van der Waals surface area contributed by atoms with Crippen LogP contribution >= 0.6 is 23.4 Å². The third-order valence-corrected chi connectivity index (χ3v) is 4.70. The maximum absolute atomic E-state index is 12.7. The Hall–Kier alpha value is -1.85. The van der Waals surface area contributed by atoms with Gasteiger partial charge >= 0.3 is 0 Å². The third kappa shape index (κ3) is 3.41. The van der Waals surface area contributed by atoms with Crippen LogP contribution in [0.2, 0.25) is 5.15 Å². The number of hydrogen-bond donors (Lipinski definition) is 0. The van der Waals surface area contributed by atoms with Crippen LogP contribution in [-0.2, 0) is 5.75 Å². The first-order valence-electron chi connectivity index (χ1n) is 7.31. The molecule has 1 aromatic carbocycles. The summed E-state index contributed by atoms with van der Waals surface area (Å²) in [5.41, 5.74) is 1.77. The van der Waals surface area contributed by atoms with Gasteiger partial charge in [0.25, 0.3) is 5.56 Å². The minimum absolute atomic E-state index is 0.00216. The Balaban J connectivity index is 2.00. The Morgan fingerprint density at radius 2 is 2.00 bits per heavy atom. The molecule has 0 spiro atoms. The van der Waals surface area contributed by atoms with E-state index in [0.29, 0.717) is 16.3 Å². The van der Waals surface area contributed by atoms with Crippen LogP contribution in [0.3, 0.4) is 0 Å². The number of aromatic nitrogens is 3. The number of rotatable bonds is 4. The normalized spacial score (nSPS) is 11.3. The van der Waals surface area contributed by atoms with E-state index in [2.05, 4.69) is 9.97 Å². The van der Waals surface area contributed by atoms with E-state index in [1.807, 2.05) is 44.2 Å². The molecule has 0 aliphatic carbocycles. The van der Waals surface area contributed by atoms with E-state index in [-0.39, 0.29) is 11.6 Å². The maximum atomic E-state index is 12.7. The van der Waals surface area contributed by atoms with Crippen molar-refractivity contribution in [3.8, 4) is 0 Å². The SMILES string of the molecule is CC(C)n1c(SCc2ccc(Cl)nc2)nc2ccccc2c1=O. The number of nitrogens with zero attached hydrogens (tertiary/aromatic N) is 3. The quantitative estimate of drug-likeness (QED) is 0.401. The van der Waals surface area contributed by atoms with Crippen molar-refractivity contribution in [2.75, 3.05) is 0 Å². The predicted octanol–water partition coefficient (Wildman–Crippen LogP) is 4.32. The van der Waals surface area contributed by atoms with Gasteiger partial charge in [-0.3, -0.25) is 9.36 Å². The van der Waals surface area contributed by atoms with Gasteiger partial charge in [0.15, 0.2) is 5.16 Å². The van der Waals surface area contributed by atoms with E-state index in [9.17, 15) is 4.79 Å². The van der Waals surface area contributed by atoms with E-state index < -0.39 is 0 Å². The number of benzene rings is 1. The van der Waals surface area contributed by atoms with E-state index in [1.54, 1.807) is 16.8 Å². The van der Waals surface area contributed by atoms with Gasteiger partial charge < -0.3 is 0 Å². The van der Waals surface area contributed by atoms with E-state index in [4.69, 9.17) is 11.6 Å². The summed E-state index contributed by atoms with van der Waals surface area (Å²) in [6.45, 7) is 3.98. The van der Waals surface area contributed by atoms with Crippen LogP contribution in [0.25, 0.3) is 10.9 Å². The van der Waals surface area contributed by atoms with Crippen molar-refractivity contribution in [2.24, 2.45) is 0 Å². The molecule has 0 bridgehead atoms. The topological polar surface area (TPSA) is 47.8 Å². The van der Waals surface area contributed by atoms with Gasteiger partial charge in [0, 0.05) is 18.0 Å². The molecule has 0 radical (unpaired) electrons. The van der Waals surface area contributed by atoms with Crippen molar-refractivity contribution < 1.29 is 0 Å². The number of pyridine rings is 1. The zero-order valence-corrected chi connectivity index (χ0v) is 14.4. The zero-order chi connectivity index (χ0) is 16.4. The molecule has 0 aliphatic rings. The molecule has 3 rings (SSSR count). The van der Waals surface area contributed by atoms with Gasteiger partial charge in [0.2, 0.25) is 0 Å². The Labute approximate surface area is 143 Å². The summed E-state index contributed by atoms with van der Waals surface area (Å²) in [6.07, 6.45) is 1.74. The van der Waals surface area contributed by atoms with Crippen LogP contribution in [0.4, 0.5) is 0 Å². The Kier molecular flexibility index (Phi) is 4.68. The van der Waals surface area contributed by atoms with Crippen LogP contribution in [-0.4, -0.2) is 14.5 Å². The molecule has 0 saturated carbocycles. The van der Waals surface area contributed by atoms with Gasteiger partial charge in [-0.05, 0) is 37.6 Å². The first kappa shape index (κ1) is 16.0. The first-order valence-corrected chi connectivity index (χ1v) is 8.67. The highest BCUT2D eigenvalue weighted by molar-refractivity contribution is 7.98. The summed E-state index contributed by atoms with van der Waals surface area (Å²) in [5, 5.41) is 1.85. The Morgan fingerprint density at radius 1 is 1.22 bits per heavy atom. The number of hydrogen-bond acceptors (Lipinski definition) is 4. The molecule has 23 heavy (non-hydrogen) atoms. The molecule has 2 heterocycles. The molecule has 0 N–H and O–H groups in total. The van der Waals surface area contributed by atoms with Crippen molar-refractivity contribution >= 4 is 34.3 Å². The average Bonchev–Trinajstić information content (AvgIpc) is 2.54. The molecule has 118 valence electrons. The number of halogens is 1. The monoisotopic (exact) mass is 345 g/mol. The minimum Gasteiger partial charge on any atom is -0.285 e. The highest BCUT2D eigenvalue weighted by Gasteiger charge is 2.13. The molecule has 4 nitrogen and oxygen atoms in total. The fourth-order valence-corrected chi connectivity index (χ4v) is 3.50. The first-order chi connectivity index (χ1) is 11.1. The lowest BCUT2D eigenvalue weighted by molar-refractivity contribution is 0.519. The molecule has 0 unspecified atom stereocenters. The number of para-hydroxylation sites is 1. The van der Waals surface area contributed by atoms with Gasteiger partial charge in [-0.25, -0.2) is 9.97 Å². The van der Waals surface area contributed by atoms with Gasteiger partial charge in [-0.1, -0.05) is 41.6 Å². The van der Waals surface area contributed by atoms with Crippen LogP contribution in [0.15, 0.2) is 52.5 Å². The number of thioether (sulfide) groups is 1. The van der Waals surface area contributed by atoms with Gasteiger partial charge in [-0.2, -0.15) is 0 Å². The summed E-state index contributed by atoms with van der Waals surface area (Å²) >= 11 is 7.34. The summed E-state index contributed by atoms with van der Waals surface area (Å²) in [4.78, 5) is 21.5. The van der Waals surface area contributed by atoms with Crippen LogP contribution in [0.1, 0.15) is 25.5 Å². The van der Waals surface area contributed by atoms with Gasteiger partial charge in [-0.15, -0.1) is 0 Å². The fourth-order valence-electron chi connectivity index (χ4n) is 2.32. The highest BCUT2D eigenvalue weighted by atomic mass is 35.5. The minimum atomic E-state index is 0.00216. The second-order valence-corrected chi connectivity index (χ2v) is 6.79. The van der Waals surface area contributed by atoms with Crippen LogP contribution < -0.4 is 5.56 Å². The smallest absolute Gasteiger partial charge is 0.262 e. The van der Waals surface area contributed by atoms with Crippen molar-refractivity contribution in [3.05, 3.63) is 63.7 Å². The standard InChI is InChI=1S/C17H16ClN3OS/c1-11(2)21-16(22)13-5-3-4-6-14(13)20-17(21)23-10-12-7-8-15(18)19-9-12/h3-9,11H,10H2,1-2H3. The van der Waals surface area contributed by atoms with E-state index in [0.717, 1.165) is 16.2 Å². The van der Waals surface area contributed by atoms with E-state index >= 15 is 0 Å². The number of fused-ring (bicyclic) bond motifs is 1. The predicted molar refractivity (Wildman–Crippen MR) is 95.2 cm³/mol. The third-order valence-electron chi connectivity index (χ3n) is 3.45. The summed E-state index contributed by atoms with van der Waals surface area (Å²) in [5.74, 6) is 0.682. The average molecular weight is 346 g/mol. The summed E-state index contributed by atoms with van der Waals surface area (Å²) in [6, 6.07) is 11.2. The van der Waals surface area contributed by atoms with Crippen molar-refractivity contribution in [2.45, 2.75) is 30.8 Å². The summed E-state index contributed by atoms with van der Waals surface area (Å²) in [7, 11) is 0. The molecule has 0 amide bonds. The molecule has 6 heteroatoms. The molecule has 0 saturated heterocycles. The second kappa shape index (κ2) is 6.72. The van der Waals surface area contributed by atoms with Crippen molar-refractivity contribution in [1.82, 2.24) is 14.5 Å². The molecule has 3 aromatic rings.